The molecule has 2 atom stereocenters. The maximum Gasteiger partial charge on any atom is 0.264 e. The van der Waals surface area contributed by atoms with Crippen molar-refractivity contribution in [2.75, 3.05) is 10.8 Å². The van der Waals surface area contributed by atoms with E-state index in [2.05, 4.69) is 19.2 Å². The number of benzene rings is 3. The molecule has 0 aliphatic heterocycles. The molecule has 0 bridgehead atoms. The van der Waals surface area contributed by atoms with Crippen LogP contribution in [0.3, 0.4) is 0 Å². The van der Waals surface area contributed by atoms with Crippen LogP contribution in [0.15, 0.2) is 83.8 Å². The van der Waals surface area contributed by atoms with E-state index in [-0.39, 0.29) is 29.3 Å². The number of hydrogen-bond donors (Lipinski definition) is 1. The lowest BCUT2D eigenvalue weighted by atomic mass is 10.0. The average molecular weight is 564 g/mol. The van der Waals surface area contributed by atoms with E-state index in [1.54, 1.807) is 37.3 Å². The molecule has 0 fully saturated rings. The standard InChI is InChI=1S/C32H41N3O4S/c1-7-25(5)33-32(37)26(6)34(21-27-15-13-24(4)14-16-27)31(36)22-35(29-19-17-28(18-20-29)23(2)3)40(38,39)30-11-9-8-10-12-30/h8-20,23,25-26H,7,21-22H2,1-6H3,(H,33,37)/t25-,26-/m0/s1. The first-order valence-electron chi connectivity index (χ1n) is 13.8. The summed E-state index contributed by atoms with van der Waals surface area (Å²) in [6.07, 6.45) is 0.750. The van der Waals surface area contributed by atoms with E-state index < -0.39 is 28.5 Å². The highest BCUT2D eigenvalue weighted by molar-refractivity contribution is 7.92. The van der Waals surface area contributed by atoms with Gasteiger partial charge in [-0.2, -0.15) is 0 Å². The van der Waals surface area contributed by atoms with Gasteiger partial charge < -0.3 is 10.2 Å². The average Bonchev–Trinajstić information content (AvgIpc) is 2.95. The van der Waals surface area contributed by atoms with Gasteiger partial charge in [0.25, 0.3) is 10.0 Å². The van der Waals surface area contributed by atoms with Crippen LogP contribution in [0, 0.1) is 6.92 Å². The first kappa shape index (κ1) is 30.9. The molecule has 3 rings (SSSR count). The molecular formula is C32H41N3O4S. The molecule has 2 amide bonds. The SMILES string of the molecule is CC[C@H](C)NC(=O)[C@H](C)N(Cc1ccc(C)cc1)C(=O)CN(c1ccc(C(C)C)cc1)S(=O)(=O)c1ccccc1. The molecule has 0 aliphatic carbocycles. The van der Waals surface area contributed by atoms with Gasteiger partial charge in [-0.25, -0.2) is 8.42 Å². The third-order valence-electron chi connectivity index (χ3n) is 7.10. The Morgan fingerprint density at radius 1 is 0.850 bits per heavy atom. The van der Waals surface area contributed by atoms with Gasteiger partial charge in [0.2, 0.25) is 11.8 Å². The highest BCUT2D eigenvalue weighted by Gasteiger charge is 2.32. The number of hydrogen-bond acceptors (Lipinski definition) is 4. The van der Waals surface area contributed by atoms with E-state index in [9.17, 15) is 18.0 Å². The Hall–Kier alpha value is -3.65. The van der Waals surface area contributed by atoms with Gasteiger partial charge in [0.05, 0.1) is 10.6 Å². The number of rotatable bonds is 12. The smallest absolute Gasteiger partial charge is 0.264 e. The van der Waals surface area contributed by atoms with Gasteiger partial charge in [-0.3, -0.25) is 13.9 Å². The second kappa shape index (κ2) is 13.6. The number of sulfonamides is 1. The minimum absolute atomic E-state index is 0.0549. The van der Waals surface area contributed by atoms with Gasteiger partial charge in [0.1, 0.15) is 12.6 Å². The van der Waals surface area contributed by atoms with Crippen molar-refractivity contribution in [3.8, 4) is 0 Å². The highest BCUT2D eigenvalue weighted by Crippen LogP contribution is 2.26. The Balaban J connectivity index is 2.02. The molecule has 3 aromatic carbocycles. The molecule has 3 aromatic rings. The molecule has 0 saturated carbocycles. The predicted octanol–water partition coefficient (Wildman–Crippen LogP) is 5.65. The van der Waals surface area contributed by atoms with Crippen LogP contribution in [-0.4, -0.2) is 43.8 Å². The molecule has 0 radical (unpaired) electrons. The Kier molecular flexibility index (Phi) is 10.5. The monoisotopic (exact) mass is 563 g/mol. The zero-order valence-electron chi connectivity index (χ0n) is 24.3. The maximum absolute atomic E-state index is 14.0. The normalized spacial score (nSPS) is 13.0. The summed E-state index contributed by atoms with van der Waals surface area (Å²) in [5.41, 5.74) is 3.37. The Morgan fingerprint density at radius 2 is 1.45 bits per heavy atom. The molecule has 1 N–H and O–H groups in total. The summed E-state index contributed by atoms with van der Waals surface area (Å²) in [6, 6.07) is 22.2. The summed E-state index contributed by atoms with van der Waals surface area (Å²) in [7, 11) is -4.08. The molecule has 0 saturated heterocycles. The summed E-state index contributed by atoms with van der Waals surface area (Å²) in [4.78, 5) is 28.7. The van der Waals surface area contributed by atoms with Crippen LogP contribution < -0.4 is 9.62 Å². The molecule has 0 aliphatic rings. The maximum atomic E-state index is 14.0. The van der Waals surface area contributed by atoms with Crippen molar-refractivity contribution in [1.82, 2.24) is 10.2 Å². The number of amides is 2. The number of carbonyl (C=O) groups excluding carboxylic acids is 2. The molecule has 40 heavy (non-hydrogen) atoms. The first-order valence-corrected chi connectivity index (χ1v) is 15.2. The summed E-state index contributed by atoms with van der Waals surface area (Å²) in [5.74, 6) is -0.488. The van der Waals surface area contributed by atoms with E-state index in [4.69, 9.17) is 0 Å². The fourth-order valence-electron chi connectivity index (χ4n) is 4.21. The number of anilines is 1. The van der Waals surface area contributed by atoms with E-state index >= 15 is 0 Å². The van der Waals surface area contributed by atoms with Crippen LogP contribution >= 0.6 is 0 Å². The molecule has 0 heterocycles. The van der Waals surface area contributed by atoms with Crippen molar-refractivity contribution in [3.05, 3.63) is 95.6 Å². The van der Waals surface area contributed by atoms with E-state index in [0.29, 0.717) is 5.69 Å². The molecule has 8 heteroatoms. The minimum atomic E-state index is -4.08. The molecule has 0 spiro atoms. The molecular weight excluding hydrogens is 522 g/mol. The zero-order chi connectivity index (χ0) is 29.4. The topological polar surface area (TPSA) is 86.8 Å². The fraction of sp³-hybridized carbons (Fsp3) is 0.375. The quantitative estimate of drug-likeness (QED) is 0.309. The third kappa shape index (κ3) is 7.72. The fourth-order valence-corrected chi connectivity index (χ4v) is 5.65. The van der Waals surface area contributed by atoms with Crippen LogP contribution in [0.2, 0.25) is 0 Å². The van der Waals surface area contributed by atoms with E-state index in [1.807, 2.05) is 57.2 Å². The Labute approximate surface area is 239 Å². The van der Waals surface area contributed by atoms with Crippen molar-refractivity contribution in [3.63, 3.8) is 0 Å². The van der Waals surface area contributed by atoms with Crippen molar-refractivity contribution < 1.29 is 18.0 Å². The minimum Gasteiger partial charge on any atom is -0.352 e. The molecule has 7 nitrogen and oxygen atoms in total. The van der Waals surface area contributed by atoms with Gasteiger partial charge in [-0.1, -0.05) is 80.9 Å². The van der Waals surface area contributed by atoms with Crippen LogP contribution in [0.25, 0.3) is 0 Å². The highest BCUT2D eigenvalue weighted by atomic mass is 32.2. The van der Waals surface area contributed by atoms with Crippen LogP contribution in [0.4, 0.5) is 5.69 Å². The van der Waals surface area contributed by atoms with E-state index in [1.165, 1.54) is 17.0 Å². The summed E-state index contributed by atoms with van der Waals surface area (Å²) >= 11 is 0. The van der Waals surface area contributed by atoms with Crippen molar-refractivity contribution >= 4 is 27.5 Å². The lowest BCUT2D eigenvalue weighted by molar-refractivity contribution is -0.139. The molecule has 214 valence electrons. The zero-order valence-corrected chi connectivity index (χ0v) is 25.1. The number of nitrogens with zero attached hydrogens (tertiary/aromatic N) is 2. The largest absolute Gasteiger partial charge is 0.352 e. The summed E-state index contributed by atoms with van der Waals surface area (Å²) in [6.45, 7) is 11.4. The summed E-state index contributed by atoms with van der Waals surface area (Å²) in [5, 5.41) is 2.95. The van der Waals surface area contributed by atoms with Crippen LogP contribution in [-0.2, 0) is 26.2 Å². The lowest BCUT2D eigenvalue weighted by Crippen LogP contribution is -2.52. The van der Waals surface area contributed by atoms with Gasteiger partial charge in [0.15, 0.2) is 0 Å². The van der Waals surface area contributed by atoms with Gasteiger partial charge in [0, 0.05) is 12.6 Å². The van der Waals surface area contributed by atoms with Crippen LogP contribution in [0.5, 0.6) is 0 Å². The van der Waals surface area contributed by atoms with Gasteiger partial charge in [-0.05, 0) is 68.5 Å². The van der Waals surface area contributed by atoms with Gasteiger partial charge in [-0.15, -0.1) is 0 Å². The molecule has 0 unspecified atom stereocenters. The predicted molar refractivity (Wildman–Crippen MR) is 161 cm³/mol. The Bertz CT molecular complexity index is 1370. The van der Waals surface area contributed by atoms with Crippen molar-refractivity contribution in [1.29, 1.82) is 0 Å². The van der Waals surface area contributed by atoms with Crippen molar-refractivity contribution in [2.24, 2.45) is 0 Å². The van der Waals surface area contributed by atoms with Crippen molar-refractivity contribution in [2.45, 2.75) is 77.4 Å². The van der Waals surface area contributed by atoms with E-state index in [0.717, 1.165) is 27.4 Å². The molecule has 0 aromatic heterocycles. The number of carbonyl (C=O) groups is 2. The first-order chi connectivity index (χ1) is 18.9. The number of aryl methyl sites for hydroxylation is 1. The second-order valence-corrected chi connectivity index (χ2v) is 12.4. The summed E-state index contributed by atoms with van der Waals surface area (Å²) < 4.78 is 28.9. The van der Waals surface area contributed by atoms with Crippen LogP contribution in [0.1, 0.15) is 63.6 Å². The second-order valence-electron chi connectivity index (χ2n) is 10.6. The number of nitrogens with one attached hydrogen (secondary N) is 1. The Morgan fingerprint density at radius 3 is 2.00 bits per heavy atom. The lowest BCUT2D eigenvalue weighted by Gasteiger charge is -2.32. The van der Waals surface area contributed by atoms with Gasteiger partial charge >= 0.3 is 0 Å². The third-order valence-corrected chi connectivity index (χ3v) is 8.89.